The summed E-state index contributed by atoms with van der Waals surface area (Å²) in [6.45, 7) is 4.10. The standard InChI is InChI=1S/C16H16ClNO2S/c1-9-4-5-12(6-10(9)2)21-15-13(16(19)20-3)7-11(18)8-14(15)17/h4-8H,18H2,1-3H3. The van der Waals surface area contributed by atoms with Crippen LogP contribution in [0.5, 0.6) is 0 Å². The number of rotatable bonds is 3. The van der Waals surface area contributed by atoms with Gasteiger partial charge in [0.25, 0.3) is 0 Å². The number of aryl methyl sites for hydroxylation is 2. The summed E-state index contributed by atoms with van der Waals surface area (Å²) in [5.41, 5.74) is 8.98. The van der Waals surface area contributed by atoms with Gasteiger partial charge < -0.3 is 10.5 Å². The van der Waals surface area contributed by atoms with Gasteiger partial charge in [0.2, 0.25) is 0 Å². The molecular formula is C16H16ClNO2S. The minimum absolute atomic E-state index is 0.380. The predicted molar refractivity (Wildman–Crippen MR) is 87.2 cm³/mol. The van der Waals surface area contributed by atoms with Crippen molar-refractivity contribution >= 4 is 35.0 Å². The van der Waals surface area contributed by atoms with Crippen LogP contribution in [0, 0.1) is 13.8 Å². The van der Waals surface area contributed by atoms with E-state index in [-0.39, 0.29) is 0 Å². The Morgan fingerprint density at radius 3 is 2.52 bits per heavy atom. The second-order valence-electron chi connectivity index (χ2n) is 4.72. The molecule has 3 nitrogen and oxygen atoms in total. The van der Waals surface area contributed by atoms with Crippen LogP contribution >= 0.6 is 23.4 Å². The highest BCUT2D eigenvalue weighted by Crippen LogP contribution is 2.38. The molecule has 0 amide bonds. The highest BCUT2D eigenvalue weighted by molar-refractivity contribution is 7.99. The van der Waals surface area contributed by atoms with Crippen molar-refractivity contribution < 1.29 is 9.53 Å². The summed E-state index contributed by atoms with van der Waals surface area (Å²) < 4.78 is 4.80. The van der Waals surface area contributed by atoms with Gasteiger partial charge in [0, 0.05) is 15.5 Å². The van der Waals surface area contributed by atoms with E-state index in [2.05, 4.69) is 13.0 Å². The SMILES string of the molecule is COC(=O)c1cc(N)cc(Cl)c1Sc1ccc(C)c(C)c1. The number of nitrogens with two attached hydrogens (primary N) is 1. The van der Waals surface area contributed by atoms with E-state index in [1.165, 1.54) is 30.0 Å². The van der Waals surface area contributed by atoms with E-state index in [1.807, 2.05) is 19.1 Å². The van der Waals surface area contributed by atoms with E-state index in [4.69, 9.17) is 22.1 Å². The molecule has 0 aliphatic rings. The molecule has 2 rings (SSSR count). The molecule has 0 atom stereocenters. The third-order valence-electron chi connectivity index (χ3n) is 3.17. The summed E-state index contributed by atoms with van der Waals surface area (Å²) in [4.78, 5) is 13.6. The Morgan fingerprint density at radius 1 is 1.19 bits per heavy atom. The van der Waals surface area contributed by atoms with Crippen LogP contribution in [0.1, 0.15) is 21.5 Å². The first kappa shape index (κ1) is 15.7. The van der Waals surface area contributed by atoms with Crippen molar-refractivity contribution in [1.29, 1.82) is 0 Å². The fourth-order valence-corrected chi connectivity index (χ4v) is 3.23. The number of carbonyl (C=O) groups is 1. The van der Waals surface area contributed by atoms with Gasteiger partial charge in [0.05, 0.1) is 17.7 Å². The van der Waals surface area contributed by atoms with Crippen molar-refractivity contribution in [2.24, 2.45) is 0 Å². The number of hydrogen-bond donors (Lipinski definition) is 1. The third-order valence-corrected chi connectivity index (χ3v) is 4.71. The van der Waals surface area contributed by atoms with Crippen LogP contribution in [0.4, 0.5) is 5.69 Å². The Kier molecular flexibility index (Phi) is 4.80. The maximum atomic E-state index is 11.9. The quantitative estimate of drug-likeness (QED) is 0.669. The monoisotopic (exact) mass is 321 g/mol. The Hall–Kier alpha value is -1.65. The fourth-order valence-electron chi connectivity index (χ4n) is 1.87. The normalized spacial score (nSPS) is 10.5. The Morgan fingerprint density at radius 2 is 1.90 bits per heavy atom. The summed E-state index contributed by atoms with van der Waals surface area (Å²) in [6, 6.07) is 9.33. The van der Waals surface area contributed by atoms with Gasteiger partial charge >= 0.3 is 5.97 Å². The molecule has 0 radical (unpaired) electrons. The zero-order valence-electron chi connectivity index (χ0n) is 12.1. The minimum Gasteiger partial charge on any atom is -0.465 e. The molecule has 0 spiro atoms. The molecular weight excluding hydrogens is 306 g/mol. The van der Waals surface area contributed by atoms with E-state index in [9.17, 15) is 4.79 Å². The number of ether oxygens (including phenoxy) is 1. The first-order valence-electron chi connectivity index (χ1n) is 6.35. The topological polar surface area (TPSA) is 52.3 Å². The van der Waals surface area contributed by atoms with Gasteiger partial charge in [-0.25, -0.2) is 4.79 Å². The number of anilines is 1. The smallest absolute Gasteiger partial charge is 0.339 e. The summed E-state index contributed by atoms with van der Waals surface area (Å²) in [6.07, 6.45) is 0. The number of carbonyl (C=O) groups excluding carboxylic acids is 1. The van der Waals surface area contributed by atoms with Crippen molar-refractivity contribution in [1.82, 2.24) is 0 Å². The molecule has 0 fully saturated rings. The van der Waals surface area contributed by atoms with Gasteiger partial charge in [0.15, 0.2) is 0 Å². The maximum absolute atomic E-state index is 11.9. The van der Waals surface area contributed by atoms with Crippen LogP contribution in [-0.4, -0.2) is 13.1 Å². The second-order valence-corrected chi connectivity index (χ2v) is 6.21. The highest BCUT2D eigenvalue weighted by atomic mass is 35.5. The predicted octanol–water partition coefficient (Wildman–Crippen LogP) is 4.48. The Labute approximate surface area is 133 Å². The average Bonchev–Trinajstić information content (AvgIpc) is 2.44. The summed E-state index contributed by atoms with van der Waals surface area (Å²) >= 11 is 7.68. The fraction of sp³-hybridized carbons (Fsp3) is 0.188. The van der Waals surface area contributed by atoms with E-state index in [0.717, 1.165) is 4.90 Å². The lowest BCUT2D eigenvalue weighted by Gasteiger charge is -2.12. The molecule has 0 bridgehead atoms. The lowest BCUT2D eigenvalue weighted by atomic mass is 10.1. The number of halogens is 1. The van der Waals surface area contributed by atoms with E-state index in [1.54, 1.807) is 12.1 Å². The molecule has 2 N–H and O–H groups in total. The van der Waals surface area contributed by atoms with Gasteiger partial charge in [-0.15, -0.1) is 0 Å². The van der Waals surface area contributed by atoms with E-state index < -0.39 is 5.97 Å². The van der Waals surface area contributed by atoms with E-state index in [0.29, 0.717) is 21.2 Å². The molecule has 0 aromatic heterocycles. The average molecular weight is 322 g/mol. The molecule has 0 aliphatic carbocycles. The highest BCUT2D eigenvalue weighted by Gasteiger charge is 2.17. The van der Waals surface area contributed by atoms with Crippen LogP contribution in [0.2, 0.25) is 5.02 Å². The molecule has 0 aliphatic heterocycles. The lowest BCUT2D eigenvalue weighted by molar-refractivity contribution is 0.0597. The van der Waals surface area contributed by atoms with Gasteiger partial charge in [-0.2, -0.15) is 0 Å². The number of benzene rings is 2. The van der Waals surface area contributed by atoms with Crippen molar-refractivity contribution in [2.75, 3.05) is 12.8 Å². The van der Waals surface area contributed by atoms with Gasteiger partial charge in [-0.05, 0) is 49.2 Å². The molecule has 110 valence electrons. The first-order chi connectivity index (χ1) is 9.92. The molecule has 0 unspecified atom stereocenters. The van der Waals surface area contributed by atoms with Crippen LogP contribution in [0.15, 0.2) is 40.1 Å². The van der Waals surface area contributed by atoms with Crippen molar-refractivity contribution in [3.05, 3.63) is 52.0 Å². The summed E-state index contributed by atoms with van der Waals surface area (Å²) in [5, 5.41) is 0.443. The molecule has 2 aromatic rings. The Balaban J connectivity index is 2.47. The molecule has 0 saturated heterocycles. The van der Waals surface area contributed by atoms with Crippen LogP contribution < -0.4 is 5.73 Å². The third kappa shape index (κ3) is 3.52. The van der Waals surface area contributed by atoms with Gasteiger partial charge in [-0.1, -0.05) is 29.4 Å². The largest absolute Gasteiger partial charge is 0.465 e. The Bertz CT molecular complexity index is 701. The first-order valence-corrected chi connectivity index (χ1v) is 7.54. The van der Waals surface area contributed by atoms with Crippen molar-refractivity contribution in [3.8, 4) is 0 Å². The van der Waals surface area contributed by atoms with Crippen LogP contribution in [0.25, 0.3) is 0 Å². The number of hydrogen-bond acceptors (Lipinski definition) is 4. The summed E-state index contributed by atoms with van der Waals surface area (Å²) in [5.74, 6) is -0.449. The van der Waals surface area contributed by atoms with Crippen molar-refractivity contribution in [3.63, 3.8) is 0 Å². The van der Waals surface area contributed by atoms with Crippen molar-refractivity contribution in [2.45, 2.75) is 23.6 Å². The molecule has 0 heterocycles. The number of nitrogen functional groups attached to an aromatic ring is 1. The molecule has 5 heteroatoms. The summed E-state index contributed by atoms with van der Waals surface area (Å²) in [7, 11) is 1.34. The van der Waals surface area contributed by atoms with Crippen LogP contribution in [-0.2, 0) is 4.74 Å². The number of methoxy groups -OCH3 is 1. The molecule has 21 heavy (non-hydrogen) atoms. The molecule has 2 aromatic carbocycles. The van der Waals surface area contributed by atoms with Gasteiger partial charge in [-0.3, -0.25) is 0 Å². The van der Waals surface area contributed by atoms with Crippen LogP contribution in [0.3, 0.4) is 0 Å². The van der Waals surface area contributed by atoms with E-state index >= 15 is 0 Å². The van der Waals surface area contributed by atoms with Gasteiger partial charge in [0.1, 0.15) is 0 Å². The second kappa shape index (κ2) is 6.41. The zero-order chi connectivity index (χ0) is 15.6. The minimum atomic E-state index is -0.449. The maximum Gasteiger partial charge on any atom is 0.339 e. The lowest BCUT2D eigenvalue weighted by Crippen LogP contribution is -2.05. The number of esters is 1. The zero-order valence-corrected chi connectivity index (χ0v) is 13.6. The molecule has 0 saturated carbocycles.